The fourth-order valence-corrected chi connectivity index (χ4v) is 3.40. The summed E-state index contributed by atoms with van der Waals surface area (Å²) in [5.41, 5.74) is -0.0539. The highest BCUT2D eigenvalue weighted by Crippen LogP contribution is 2.49. The highest BCUT2D eigenvalue weighted by Gasteiger charge is 2.52. The third-order valence-corrected chi connectivity index (χ3v) is 4.60. The second-order valence-corrected chi connectivity index (χ2v) is 6.40. The number of rotatable bonds is 3. The van der Waals surface area contributed by atoms with Crippen LogP contribution in [0, 0.1) is 11.6 Å². The summed E-state index contributed by atoms with van der Waals surface area (Å²) in [5, 5.41) is 1.74. The lowest BCUT2D eigenvalue weighted by Crippen LogP contribution is -2.28. The van der Waals surface area contributed by atoms with E-state index in [2.05, 4.69) is 4.74 Å². The van der Waals surface area contributed by atoms with Crippen LogP contribution in [0.15, 0.2) is 47.8 Å². The standard InChI is InChI=1S/C18H8F4O3S.C2H6/c19-9-6-10(20)8-11(7-9)24-13-4-3-12(14-2-1-5-26-14)15-16(13)25-18(21,22)17(15)23;1-2/h1-8H;1-2H3. The lowest BCUT2D eigenvalue weighted by atomic mass is 10.0. The molecular weight excluding hydrogens is 396 g/mol. The summed E-state index contributed by atoms with van der Waals surface area (Å²) >= 11 is 1.27. The molecule has 0 radical (unpaired) electrons. The monoisotopic (exact) mass is 410 g/mol. The molecule has 0 amide bonds. The van der Waals surface area contributed by atoms with Crippen molar-refractivity contribution in [3.8, 4) is 27.7 Å². The summed E-state index contributed by atoms with van der Waals surface area (Å²) in [6.45, 7) is 4.00. The minimum atomic E-state index is -4.04. The average molecular weight is 410 g/mol. The summed E-state index contributed by atoms with van der Waals surface area (Å²) in [6, 6.07) is 8.54. The zero-order valence-corrected chi connectivity index (χ0v) is 15.6. The molecule has 3 aromatic rings. The van der Waals surface area contributed by atoms with Gasteiger partial charge in [-0.25, -0.2) is 8.78 Å². The Balaban J connectivity index is 0.00000109. The summed E-state index contributed by atoms with van der Waals surface area (Å²) in [7, 11) is 0. The quantitative estimate of drug-likeness (QED) is 0.452. The molecule has 4 rings (SSSR count). The van der Waals surface area contributed by atoms with Crippen molar-refractivity contribution >= 4 is 17.1 Å². The van der Waals surface area contributed by atoms with Crippen LogP contribution in [-0.4, -0.2) is 11.9 Å². The molecule has 2 aromatic carbocycles. The number of thiophene rings is 1. The summed E-state index contributed by atoms with van der Waals surface area (Å²) in [5.74, 6) is -4.23. The van der Waals surface area contributed by atoms with Crippen molar-refractivity contribution in [3.05, 3.63) is 65.0 Å². The minimum absolute atomic E-state index is 0.240. The number of hydrogen-bond acceptors (Lipinski definition) is 4. The molecule has 1 aliphatic rings. The third-order valence-electron chi connectivity index (χ3n) is 3.69. The van der Waals surface area contributed by atoms with Gasteiger partial charge >= 0.3 is 6.11 Å². The van der Waals surface area contributed by atoms with E-state index in [1.54, 1.807) is 17.5 Å². The summed E-state index contributed by atoms with van der Waals surface area (Å²) in [4.78, 5) is 12.7. The van der Waals surface area contributed by atoms with Gasteiger partial charge in [0.2, 0.25) is 0 Å². The van der Waals surface area contributed by atoms with Crippen LogP contribution in [-0.2, 0) is 0 Å². The predicted molar refractivity (Wildman–Crippen MR) is 97.4 cm³/mol. The van der Waals surface area contributed by atoms with E-state index in [9.17, 15) is 22.4 Å². The van der Waals surface area contributed by atoms with E-state index in [1.165, 1.54) is 23.5 Å². The van der Waals surface area contributed by atoms with E-state index in [0.717, 1.165) is 12.1 Å². The van der Waals surface area contributed by atoms with Crippen molar-refractivity contribution in [1.29, 1.82) is 0 Å². The number of ether oxygens (including phenoxy) is 2. The normalized spacial score (nSPS) is 14.0. The molecule has 0 bridgehead atoms. The number of carbonyl (C=O) groups excluding carboxylic acids is 1. The molecule has 0 fully saturated rings. The highest BCUT2D eigenvalue weighted by atomic mass is 32.1. The van der Waals surface area contributed by atoms with Crippen molar-refractivity contribution in [1.82, 2.24) is 0 Å². The maximum Gasteiger partial charge on any atom is 0.466 e. The predicted octanol–water partition coefficient (Wildman–Crippen LogP) is 6.68. The molecule has 0 N–H and O–H groups in total. The van der Waals surface area contributed by atoms with Crippen molar-refractivity contribution in [2.45, 2.75) is 20.0 Å². The van der Waals surface area contributed by atoms with Gasteiger partial charge in [0, 0.05) is 28.6 Å². The molecule has 1 aromatic heterocycles. The summed E-state index contributed by atoms with van der Waals surface area (Å²) < 4.78 is 64.2. The van der Waals surface area contributed by atoms with Gasteiger partial charge in [0.15, 0.2) is 11.5 Å². The molecule has 0 atom stereocenters. The lowest BCUT2D eigenvalue weighted by molar-refractivity contribution is -0.124. The fraction of sp³-hybridized carbons (Fsp3) is 0.150. The molecule has 0 aliphatic carbocycles. The third kappa shape index (κ3) is 3.60. The number of alkyl halides is 2. The Bertz CT molecular complexity index is 996. The molecule has 2 heterocycles. The lowest BCUT2D eigenvalue weighted by Gasteiger charge is -2.12. The second kappa shape index (κ2) is 7.63. The van der Waals surface area contributed by atoms with Gasteiger partial charge in [-0.05, 0) is 23.6 Å². The van der Waals surface area contributed by atoms with Crippen LogP contribution < -0.4 is 9.47 Å². The second-order valence-electron chi connectivity index (χ2n) is 5.45. The molecule has 1 aliphatic heterocycles. The van der Waals surface area contributed by atoms with Gasteiger partial charge in [-0.15, -0.1) is 11.3 Å². The van der Waals surface area contributed by atoms with Crippen LogP contribution in [0.3, 0.4) is 0 Å². The van der Waals surface area contributed by atoms with Gasteiger partial charge in [0.25, 0.3) is 5.78 Å². The van der Waals surface area contributed by atoms with Crippen molar-refractivity contribution < 1.29 is 31.8 Å². The number of halogens is 4. The zero-order valence-electron chi connectivity index (χ0n) is 14.8. The van der Waals surface area contributed by atoms with Crippen molar-refractivity contribution in [2.75, 3.05) is 0 Å². The highest BCUT2D eigenvalue weighted by molar-refractivity contribution is 7.13. The van der Waals surface area contributed by atoms with Crippen molar-refractivity contribution in [3.63, 3.8) is 0 Å². The van der Waals surface area contributed by atoms with Crippen LogP contribution in [0.5, 0.6) is 17.2 Å². The molecule has 0 spiro atoms. The maximum absolute atomic E-state index is 13.9. The van der Waals surface area contributed by atoms with Crippen LogP contribution in [0.4, 0.5) is 17.6 Å². The number of benzene rings is 2. The molecule has 0 saturated carbocycles. The van der Waals surface area contributed by atoms with E-state index in [0.29, 0.717) is 10.9 Å². The summed E-state index contributed by atoms with van der Waals surface area (Å²) in [6.07, 6.45) is -4.04. The van der Waals surface area contributed by atoms with E-state index in [-0.39, 0.29) is 22.6 Å². The Hall–Kier alpha value is -2.87. The number of ketones is 1. The fourth-order valence-electron chi connectivity index (χ4n) is 2.64. The molecule has 0 saturated heterocycles. The van der Waals surface area contributed by atoms with Gasteiger partial charge in [0.05, 0.1) is 5.56 Å². The minimum Gasteiger partial charge on any atom is -0.453 e. The topological polar surface area (TPSA) is 35.5 Å². The van der Waals surface area contributed by atoms with Gasteiger partial charge in [-0.1, -0.05) is 19.9 Å². The smallest absolute Gasteiger partial charge is 0.453 e. The zero-order chi connectivity index (χ0) is 20.5. The van der Waals surface area contributed by atoms with Gasteiger partial charge in [-0.3, -0.25) is 4.79 Å². The molecule has 8 heteroatoms. The van der Waals surface area contributed by atoms with E-state index >= 15 is 0 Å². The molecule has 0 unspecified atom stereocenters. The Labute approximate surface area is 162 Å². The number of Topliss-reactive ketones (excluding diaryl/α,β-unsaturated/α-hetero) is 1. The van der Waals surface area contributed by atoms with E-state index in [1.807, 2.05) is 13.8 Å². The first-order valence-electron chi connectivity index (χ1n) is 8.31. The number of carbonyl (C=O) groups is 1. The van der Waals surface area contributed by atoms with Crippen LogP contribution in [0.2, 0.25) is 0 Å². The van der Waals surface area contributed by atoms with Crippen LogP contribution in [0.25, 0.3) is 10.4 Å². The Morgan fingerprint density at radius 2 is 1.71 bits per heavy atom. The Kier molecular flexibility index (Phi) is 5.42. The van der Waals surface area contributed by atoms with E-state index < -0.39 is 29.3 Å². The van der Waals surface area contributed by atoms with Crippen molar-refractivity contribution in [2.24, 2.45) is 0 Å². The van der Waals surface area contributed by atoms with E-state index in [4.69, 9.17) is 4.74 Å². The van der Waals surface area contributed by atoms with Gasteiger partial charge < -0.3 is 9.47 Å². The molecule has 3 nitrogen and oxygen atoms in total. The molecule has 146 valence electrons. The largest absolute Gasteiger partial charge is 0.466 e. The Morgan fingerprint density at radius 3 is 2.32 bits per heavy atom. The molecular formula is C20H14F4O3S. The first kappa shape index (κ1) is 19.9. The average Bonchev–Trinajstić information content (AvgIpc) is 3.24. The molecule has 28 heavy (non-hydrogen) atoms. The maximum atomic E-state index is 13.9. The number of hydrogen-bond donors (Lipinski definition) is 0. The first-order valence-corrected chi connectivity index (χ1v) is 9.19. The van der Waals surface area contributed by atoms with Crippen LogP contribution in [0.1, 0.15) is 24.2 Å². The Morgan fingerprint density at radius 1 is 1.04 bits per heavy atom. The van der Waals surface area contributed by atoms with Gasteiger partial charge in [-0.2, -0.15) is 8.78 Å². The SMILES string of the molecule is CC.O=C1c2c(-c3cccs3)ccc(Oc3cc(F)cc(F)c3)c2OC1(F)F. The number of fused-ring (bicyclic) bond motifs is 1. The van der Waals surface area contributed by atoms with Crippen LogP contribution >= 0.6 is 11.3 Å². The first-order chi connectivity index (χ1) is 13.3. The van der Waals surface area contributed by atoms with Gasteiger partial charge in [0.1, 0.15) is 17.4 Å².